The Labute approximate surface area is 134 Å². The van der Waals surface area contributed by atoms with Crippen molar-refractivity contribution >= 4 is 16.9 Å². The first-order chi connectivity index (χ1) is 11.2. The second-order valence-corrected chi connectivity index (χ2v) is 5.48. The summed E-state index contributed by atoms with van der Waals surface area (Å²) in [5.41, 5.74) is 9.06. The third kappa shape index (κ3) is 2.98. The van der Waals surface area contributed by atoms with E-state index in [1.165, 1.54) is 0 Å². The number of carbonyl (C=O) groups is 1. The Morgan fingerprint density at radius 1 is 1.30 bits per heavy atom. The monoisotopic (exact) mass is 311 g/mol. The molecule has 6 heteroatoms. The van der Waals surface area contributed by atoms with Gasteiger partial charge in [-0.3, -0.25) is 4.79 Å². The van der Waals surface area contributed by atoms with Gasteiger partial charge in [-0.2, -0.15) is 0 Å². The van der Waals surface area contributed by atoms with Crippen LogP contribution in [0.15, 0.2) is 36.8 Å². The van der Waals surface area contributed by atoms with Gasteiger partial charge in [0.1, 0.15) is 11.3 Å². The molecule has 0 aromatic carbocycles. The molecule has 3 heterocycles. The molecule has 3 aromatic rings. The van der Waals surface area contributed by atoms with Crippen LogP contribution in [0.5, 0.6) is 0 Å². The highest BCUT2D eigenvalue weighted by Gasteiger charge is 2.17. The van der Waals surface area contributed by atoms with Crippen LogP contribution in [0, 0.1) is 0 Å². The standard InChI is InChI=1S/C17H21N5O/c1-2-8-22(9-5-18)17(23)15-10-12(11-21-15)13-3-6-19-16-14(13)4-7-20-16/h3-4,6-7,10-11,21H,2,5,8-9,18H2,1H3,(H,19,20). The van der Waals surface area contributed by atoms with Crippen molar-refractivity contribution in [1.29, 1.82) is 0 Å². The minimum atomic E-state index is -0.0112. The number of H-pyrrole nitrogens is 2. The van der Waals surface area contributed by atoms with Gasteiger partial charge in [-0.1, -0.05) is 6.92 Å². The molecule has 0 saturated heterocycles. The molecule has 23 heavy (non-hydrogen) atoms. The zero-order valence-electron chi connectivity index (χ0n) is 13.2. The van der Waals surface area contributed by atoms with Crippen LogP contribution in [0.1, 0.15) is 23.8 Å². The number of fused-ring (bicyclic) bond motifs is 1. The Morgan fingerprint density at radius 2 is 2.17 bits per heavy atom. The molecule has 0 radical (unpaired) electrons. The van der Waals surface area contributed by atoms with Gasteiger partial charge in [0.25, 0.3) is 5.91 Å². The molecule has 0 fully saturated rings. The van der Waals surface area contributed by atoms with Gasteiger partial charge in [0.15, 0.2) is 0 Å². The summed E-state index contributed by atoms with van der Waals surface area (Å²) in [5, 5.41) is 1.04. The predicted molar refractivity (Wildman–Crippen MR) is 91.1 cm³/mol. The maximum atomic E-state index is 12.6. The van der Waals surface area contributed by atoms with Gasteiger partial charge in [-0.15, -0.1) is 0 Å². The first kappa shape index (κ1) is 15.3. The van der Waals surface area contributed by atoms with Gasteiger partial charge in [0, 0.05) is 49.2 Å². The summed E-state index contributed by atoms with van der Waals surface area (Å²) in [4.78, 5) is 24.9. The lowest BCUT2D eigenvalue weighted by Crippen LogP contribution is -2.36. The molecular weight excluding hydrogens is 290 g/mol. The Hall–Kier alpha value is -2.60. The van der Waals surface area contributed by atoms with E-state index in [1.807, 2.05) is 30.6 Å². The van der Waals surface area contributed by atoms with Crippen LogP contribution in [-0.4, -0.2) is 45.4 Å². The minimum Gasteiger partial charge on any atom is -0.357 e. The lowest BCUT2D eigenvalue weighted by molar-refractivity contribution is 0.0755. The molecule has 0 saturated carbocycles. The van der Waals surface area contributed by atoms with Crippen LogP contribution in [0.25, 0.3) is 22.2 Å². The first-order valence-electron chi connectivity index (χ1n) is 7.84. The van der Waals surface area contributed by atoms with Crippen LogP contribution < -0.4 is 5.73 Å². The highest BCUT2D eigenvalue weighted by atomic mass is 16.2. The Kier molecular flexibility index (Phi) is 4.43. The Bertz CT molecular complexity index is 798. The molecule has 4 N–H and O–H groups in total. The SMILES string of the molecule is CCCN(CCN)C(=O)c1cc(-c2ccnc3[nH]ccc23)c[nH]1. The minimum absolute atomic E-state index is 0.0112. The topological polar surface area (TPSA) is 90.8 Å². The molecule has 0 bridgehead atoms. The van der Waals surface area contributed by atoms with E-state index in [0.717, 1.165) is 28.6 Å². The van der Waals surface area contributed by atoms with Crippen molar-refractivity contribution in [3.63, 3.8) is 0 Å². The van der Waals surface area contributed by atoms with Crippen LogP contribution in [0.4, 0.5) is 0 Å². The van der Waals surface area contributed by atoms with E-state index in [2.05, 4.69) is 21.9 Å². The number of nitrogens with one attached hydrogen (secondary N) is 2. The van der Waals surface area contributed by atoms with Crippen molar-refractivity contribution < 1.29 is 4.79 Å². The Morgan fingerprint density at radius 3 is 2.96 bits per heavy atom. The Balaban J connectivity index is 1.91. The fourth-order valence-electron chi connectivity index (χ4n) is 2.80. The lowest BCUT2D eigenvalue weighted by Gasteiger charge is -2.20. The van der Waals surface area contributed by atoms with Crippen molar-refractivity contribution in [2.75, 3.05) is 19.6 Å². The van der Waals surface area contributed by atoms with E-state index in [1.54, 1.807) is 11.1 Å². The number of nitrogens with two attached hydrogens (primary N) is 1. The highest BCUT2D eigenvalue weighted by Crippen LogP contribution is 2.27. The van der Waals surface area contributed by atoms with E-state index in [9.17, 15) is 4.79 Å². The van der Waals surface area contributed by atoms with E-state index in [4.69, 9.17) is 5.73 Å². The maximum absolute atomic E-state index is 12.6. The second kappa shape index (κ2) is 6.66. The van der Waals surface area contributed by atoms with Crippen LogP contribution in [0.3, 0.4) is 0 Å². The molecule has 120 valence electrons. The summed E-state index contributed by atoms with van der Waals surface area (Å²) < 4.78 is 0. The highest BCUT2D eigenvalue weighted by molar-refractivity contribution is 5.97. The zero-order valence-corrected chi connectivity index (χ0v) is 13.2. The molecular formula is C17H21N5O. The summed E-state index contributed by atoms with van der Waals surface area (Å²) in [5.74, 6) is -0.0112. The number of nitrogens with zero attached hydrogens (tertiary/aromatic N) is 2. The number of hydrogen-bond donors (Lipinski definition) is 3. The molecule has 0 unspecified atom stereocenters. The van der Waals surface area contributed by atoms with Gasteiger partial charge in [0.05, 0.1) is 0 Å². The third-order valence-corrected chi connectivity index (χ3v) is 3.86. The number of aromatic amines is 2. The van der Waals surface area contributed by atoms with Crippen molar-refractivity contribution in [2.45, 2.75) is 13.3 Å². The van der Waals surface area contributed by atoms with Gasteiger partial charge < -0.3 is 20.6 Å². The number of carbonyl (C=O) groups excluding carboxylic acids is 1. The molecule has 0 aliphatic heterocycles. The number of rotatable bonds is 6. The van der Waals surface area contributed by atoms with Gasteiger partial charge in [-0.05, 0) is 30.2 Å². The average Bonchev–Trinajstić information content (AvgIpc) is 3.22. The van der Waals surface area contributed by atoms with Gasteiger partial charge in [0.2, 0.25) is 0 Å². The fraction of sp³-hybridized carbons (Fsp3) is 0.294. The molecule has 6 nitrogen and oxygen atoms in total. The number of amides is 1. The number of hydrogen-bond acceptors (Lipinski definition) is 3. The number of aromatic nitrogens is 3. The van der Waals surface area contributed by atoms with Crippen molar-refractivity contribution in [3.8, 4) is 11.1 Å². The number of pyridine rings is 1. The quantitative estimate of drug-likeness (QED) is 0.652. The molecule has 3 aromatic heterocycles. The van der Waals surface area contributed by atoms with Crippen molar-refractivity contribution in [1.82, 2.24) is 19.9 Å². The molecule has 0 aliphatic rings. The average molecular weight is 311 g/mol. The zero-order chi connectivity index (χ0) is 16.2. The normalized spacial score (nSPS) is 11.0. The van der Waals surface area contributed by atoms with Crippen molar-refractivity contribution in [3.05, 3.63) is 42.5 Å². The molecule has 0 atom stereocenters. The molecule has 0 aliphatic carbocycles. The predicted octanol–water partition coefficient (Wildman–Crippen LogP) is 2.37. The van der Waals surface area contributed by atoms with Gasteiger partial charge >= 0.3 is 0 Å². The lowest BCUT2D eigenvalue weighted by atomic mass is 10.1. The largest absolute Gasteiger partial charge is 0.357 e. The van der Waals surface area contributed by atoms with E-state index >= 15 is 0 Å². The van der Waals surface area contributed by atoms with Crippen LogP contribution >= 0.6 is 0 Å². The third-order valence-electron chi connectivity index (χ3n) is 3.86. The summed E-state index contributed by atoms with van der Waals surface area (Å²) in [7, 11) is 0. The fourth-order valence-corrected chi connectivity index (χ4v) is 2.80. The maximum Gasteiger partial charge on any atom is 0.270 e. The van der Waals surface area contributed by atoms with Crippen LogP contribution in [-0.2, 0) is 0 Å². The molecule has 0 spiro atoms. The van der Waals surface area contributed by atoms with E-state index in [-0.39, 0.29) is 5.91 Å². The molecule has 3 rings (SSSR count). The first-order valence-corrected chi connectivity index (χ1v) is 7.84. The van der Waals surface area contributed by atoms with E-state index in [0.29, 0.717) is 25.3 Å². The smallest absolute Gasteiger partial charge is 0.270 e. The second-order valence-electron chi connectivity index (χ2n) is 5.48. The summed E-state index contributed by atoms with van der Waals surface area (Å²) >= 11 is 0. The summed E-state index contributed by atoms with van der Waals surface area (Å²) in [6.07, 6.45) is 6.40. The summed E-state index contributed by atoms with van der Waals surface area (Å²) in [6.45, 7) is 3.80. The molecule has 1 amide bonds. The van der Waals surface area contributed by atoms with Crippen molar-refractivity contribution in [2.24, 2.45) is 5.73 Å². The summed E-state index contributed by atoms with van der Waals surface area (Å²) in [6, 6.07) is 5.84. The van der Waals surface area contributed by atoms with E-state index < -0.39 is 0 Å². The van der Waals surface area contributed by atoms with Gasteiger partial charge in [-0.25, -0.2) is 4.98 Å². The van der Waals surface area contributed by atoms with Crippen LogP contribution in [0.2, 0.25) is 0 Å².